The maximum absolute atomic E-state index is 12.4. The molecule has 2 aromatic rings. The van der Waals surface area contributed by atoms with Crippen molar-refractivity contribution in [2.75, 3.05) is 5.32 Å². The summed E-state index contributed by atoms with van der Waals surface area (Å²) in [6.07, 6.45) is 1.34. The number of rotatable bonds is 4. The maximum Gasteiger partial charge on any atom is 0.221 e. The molecule has 1 aliphatic carbocycles. The van der Waals surface area contributed by atoms with E-state index >= 15 is 0 Å². The molecule has 0 heterocycles. The third-order valence-corrected chi connectivity index (χ3v) is 3.71. The summed E-state index contributed by atoms with van der Waals surface area (Å²) in [5.74, 6) is -0.482. The quantitative estimate of drug-likeness (QED) is 0.908. The normalized spacial score (nSPS) is 13.1. The molecule has 3 rings (SSSR count). The molecule has 0 radical (unpaired) electrons. The number of anilines is 1. The van der Waals surface area contributed by atoms with Gasteiger partial charge in [-0.2, -0.15) is 0 Å². The van der Waals surface area contributed by atoms with Crippen LogP contribution in [0.15, 0.2) is 60.3 Å². The van der Waals surface area contributed by atoms with Gasteiger partial charge in [0.05, 0.1) is 5.70 Å². The average Bonchev–Trinajstić information content (AvgIpc) is 2.58. The van der Waals surface area contributed by atoms with E-state index in [-0.39, 0.29) is 17.5 Å². The number of hydrogen-bond donors (Lipinski definition) is 2. The Kier molecular flexibility index (Phi) is 4.24. The molecule has 2 aromatic carbocycles. The molecule has 0 aliphatic heterocycles. The Labute approximate surface area is 139 Å². The van der Waals surface area contributed by atoms with Gasteiger partial charge in [-0.3, -0.25) is 14.4 Å². The van der Waals surface area contributed by atoms with E-state index in [1.165, 1.54) is 13.0 Å². The number of fused-ring (bicyclic) bond motifs is 1. The van der Waals surface area contributed by atoms with Crippen molar-refractivity contribution in [3.8, 4) is 0 Å². The van der Waals surface area contributed by atoms with Gasteiger partial charge in [0, 0.05) is 36.4 Å². The second-order valence-corrected chi connectivity index (χ2v) is 5.53. The standard InChI is InChI=1S/C19H16N2O3/c1-12(22)21-14-8-6-13(7-9-14)11-20-17-10-18(23)15-4-2-3-5-16(15)19(17)24/h2-10,20H,11H2,1H3,(H,21,22). The molecule has 0 spiro atoms. The van der Waals surface area contributed by atoms with Crippen molar-refractivity contribution < 1.29 is 14.4 Å². The Balaban J connectivity index is 1.70. The van der Waals surface area contributed by atoms with E-state index in [9.17, 15) is 14.4 Å². The van der Waals surface area contributed by atoms with E-state index in [2.05, 4.69) is 10.6 Å². The lowest BCUT2D eigenvalue weighted by Crippen LogP contribution is -2.26. The highest BCUT2D eigenvalue weighted by Gasteiger charge is 2.24. The fraction of sp³-hybridized carbons (Fsp3) is 0.105. The van der Waals surface area contributed by atoms with Gasteiger partial charge >= 0.3 is 0 Å². The molecule has 1 amide bonds. The number of benzene rings is 2. The average molecular weight is 320 g/mol. The van der Waals surface area contributed by atoms with Gasteiger partial charge in [-0.05, 0) is 17.7 Å². The van der Waals surface area contributed by atoms with Crippen LogP contribution in [0.25, 0.3) is 0 Å². The highest BCUT2D eigenvalue weighted by molar-refractivity contribution is 6.24. The first-order valence-corrected chi connectivity index (χ1v) is 7.55. The third-order valence-electron chi connectivity index (χ3n) is 3.71. The van der Waals surface area contributed by atoms with Crippen LogP contribution in [0.5, 0.6) is 0 Å². The van der Waals surface area contributed by atoms with Gasteiger partial charge in [-0.15, -0.1) is 0 Å². The van der Waals surface area contributed by atoms with Crippen molar-refractivity contribution in [3.63, 3.8) is 0 Å². The number of Topliss-reactive ketones (excluding diaryl/α,β-unsaturated/α-hetero) is 1. The van der Waals surface area contributed by atoms with Crippen LogP contribution in [-0.4, -0.2) is 17.5 Å². The fourth-order valence-corrected chi connectivity index (χ4v) is 2.55. The summed E-state index contributed by atoms with van der Waals surface area (Å²) in [6, 6.07) is 14.1. The van der Waals surface area contributed by atoms with Crippen LogP contribution >= 0.6 is 0 Å². The van der Waals surface area contributed by atoms with Crippen LogP contribution in [-0.2, 0) is 11.3 Å². The number of nitrogens with one attached hydrogen (secondary N) is 2. The largest absolute Gasteiger partial charge is 0.378 e. The van der Waals surface area contributed by atoms with Crippen molar-refractivity contribution in [1.82, 2.24) is 5.32 Å². The van der Waals surface area contributed by atoms with Gasteiger partial charge in [0.15, 0.2) is 5.78 Å². The number of carbonyl (C=O) groups is 3. The number of hydrogen-bond acceptors (Lipinski definition) is 4. The highest BCUT2D eigenvalue weighted by atomic mass is 16.1. The minimum absolute atomic E-state index is 0.129. The molecule has 120 valence electrons. The van der Waals surface area contributed by atoms with Crippen LogP contribution in [0, 0.1) is 0 Å². The Morgan fingerprint density at radius 2 is 1.62 bits per heavy atom. The zero-order chi connectivity index (χ0) is 17.1. The van der Waals surface area contributed by atoms with Crippen molar-refractivity contribution in [3.05, 3.63) is 77.0 Å². The number of carbonyl (C=O) groups excluding carboxylic acids is 3. The Morgan fingerprint density at radius 3 is 2.29 bits per heavy atom. The summed E-state index contributed by atoms with van der Waals surface area (Å²) >= 11 is 0. The van der Waals surface area contributed by atoms with Crippen LogP contribution in [0.4, 0.5) is 5.69 Å². The van der Waals surface area contributed by atoms with Crippen molar-refractivity contribution in [2.24, 2.45) is 0 Å². The number of ketones is 2. The topological polar surface area (TPSA) is 75.3 Å². The van der Waals surface area contributed by atoms with Crippen LogP contribution in [0.1, 0.15) is 33.2 Å². The lowest BCUT2D eigenvalue weighted by atomic mass is 9.92. The number of amides is 1. The minimum Gasteiger partial charge on any atom is -0.378 e. The molecule has 0 unspecified atom stereocenters. The molecule has 0 aromatic heterocycles. The van der Waals surface area contributed by atoms with Crippen LogP contribution in [0.2, 0.25) is 0 Å². The molecular weight excluding hydrogens is 304 g/mol. The number of allylic oxidation sites excluding steroid dienone is 2. The minimum atomic E-state index is -0.180. The zero-order valence-electron chi connectivity index (χ0n) is 13.1. The van der Waals surface area contributed by atoms with Gasteiger partial charge in [-0.1, -0.05) is 36.4 Å². The predicted octanol–water partition coefficient (Wildman–Crippen LogP) is 2.70. The first kappa shape index (κ1) is 15.7. The second-order valence-electron chi connectivity index (χ2n) is 5.53. The van der Waals surface area contributed by atoms with E-state index in [1.54, 1.807) is 36.4 Å². The molecule has 5 nitrogen and oxygen atoms in total. The monoisotopic (exact) mass is 320 g/mol. The van der Waals surface area contributed by atoms with Crippen LogP contribution in [0.3, 0.4) is 0 Å². The lowest BCUT2D eigenvalue weighted by molar-refractivity contribution is -0.114. The van der Waals surface area contributed by atoms with E-state index in [0.717, 1.165) is 5.56 Å². The first-order chi connectivity index (χ1) is 11.5. The van der Waals surface area contributed by atoms with Gasteiger partial charge in [0.2, 0.25) is 11.7 Å². The lowest BCUT2D eigenvalue weighted by Gasteiger charge is -2.16. The van der Waals surface area contributed by atoms with Gasteiger partial charge in [0.25, 0.3) is 0 Å². The third kappa shape index (κ3) is 3.25. The van der Waals surface area contributed by atoms with Gasteiger partial charge < -0.3 is 10.6 Å². The molecular formula is C19H16N2O3. The molecule has 0 atom stereocenters. The molecule has 5 heteroatoms. The molecule has 2 N–H and O–H groups in total. The summed E-state index contributed by atoms with van der Waals surface area (Å²) in [7, 11) is 0. The molecule has 0 bridgehead atoms. The Bertz CT molecular complexity index is 851. The van der Waals surface area contributed by atoms with E-state index < -0.39 is 0 Å². The maximum atomic E-state index is 12.4. The SMILES string of the molecule is CC(=O)Nc1ccc(CNC2=CC(=O)c3ccccc3C2=O)cc1. The Morgan fingerprint density at radius 1 is 0.958 bits per heavy atom. The second kappa shape index (κ2) is 6.50. The molecule has 0 saturated heterocycles. The summed E-state index contributed by atoms with van der Waals surface area (Å²) in [5, 5.41) is 5.71. The summed E-state index contributed by atoms with van der Waals surface area (Å²) in [5.41, 5.74) is 2.80. The molecule has 24 heavy (non-hydrogen) atoms. The highest BCUT2D eigenvalue weighted by Crippen LogP contribution is 2.20. The van der Waals surface area contributed by atoms with E-state index in [0.29, 0.717) is 29.1 Å². The summed E-state index contributed by atoms with van der Waals surface area (Å²) in [6.45, 7) is 1.86. The van der Waals surface area contributed by atoms with E-state index in [4.69, 9.17) is 0 Å². The first-order valence-electron chi connectivity index (χ1n) is 7.55. The fourth-order valence-electron chi connectivity index (χ4n) is 2.55. The molecule has 1 aliphatic rings. The van der Waals surface area contributed by atoms with Gasteiger partial charge in [-0.25, -0.2) is 0 Å². The zero-order valence-corrected chi connectivity index (χ0v) is 13.1. The van der Waals surface area contributed by atoms with Crippen molar-refractivity contribution >= 4 is 23.2 Å². The van der Waals surface area contributed by atoms with Crippen LogP contribution < -0.4 is 10.6 Å². The summed E-state index contributed by atoms with van der Waals surface area (Å²) in [4.78, 5) is 35.5. The predicted molar refractivity (Wildman–Crippen MR) is 90.8 cm³/mol. The summed E-state index contributed by atoms with van der Waals surface area (Å²) < 4.78 is 0. The smallest absolute Gasteiger partial charge is 0.221 e. The van der Waals surface area contributed by atoms with Crippen molar-refractivity contribution in [2.45, 2.75) is 13.5 Å². The van der Waals surface area contributed by atoms with E-state index in [1.807, 2.05) is 12.1 Å². The molecule has 0 saturated carbocycles. The van der Waals surface area contributed by atoms with Crippen molar-refractivity contribution in [1.29, 1.82) is 0 Å². The van der Waals surface area contributed by atoms with Gasteiger partial charge in [0.1, 0.15) is 0 Å². The Hall–Kier alpha value is -3.21. The molecule has 0 fully saturated rings.